The van der Waals surface area contributed by atoms with Crippen LogP contribution in [0.5, 0.6) is 0 Å². The molecule has 1 aromatic carbocycles. The number of hydrogen-bond acceptors (Lipinski definition) is 2. The molecule has 14 heavy (non-hydrogen) atoms. The van der Waals surface area contributed by atoms with Crippen molar-refractivity contribution in [2.24, 2.45) is 0 Å². The third-order valence-electron chi connectivity index (χ3n) is 2.28. The fourth-order valence-corrected chi connectivity index (χ4v) is 1.49. The highest BCUT2D eigenvalue weighted by Gasteiger charge is 2.09. The van der Waals surface area contributed by atoms with Crippen LogP contribution in [0.4, 0.5) is 0 Å². The van der Waals surface area contributed by atoms with Crippen LogP contribution in [0.25, 0.3) is 10.9 Å². The van der Waals surface area contributed by atoms with Crippen LogP contribution in [0, 0.1) is 6.92 Å². The van der Waals surface area contributed by atoms with Gasteiger partial charge in [-0.05, 0) is 18.6 Å². The second kappa shape index (κ2) is 3.10. The molecule has 0 saturated carbocycles. The lowest BCUT2D eigenvalue weighted by molar-refractivity contribution is 0.0696. The Morgan fingerprint density at radius 1 is 1.36 bits per heavy atom. The average molecular weight is 187 g/mol. The Labute approximate surface area is 81.0 Å². The Morgan fingerprint density at radius 2 is 2.07 bits per heavy atom. The second-order valence-electron chi connectivity index (χ2n) is 3.12. The van der Waals surface area contributed by atoms with Crippen LogP contribution in [0.1, 0.15) is 15.9 Å². The van der Waals surface area contributed by atoms with Gasteiger partial charge in [-0.15, -0.1) is 0 Å². The third-order valence-corrected chi connectivity index (χ3v) is 2.28. The fraction of sp³-hybridized carbons (Fsp3) is 0.0909. The van der Waals surface area contributed by atoms with Crippen molar-refractivity contribution in [3.05, 3.63) is 41.6 Å². The van der Waals surface area contributed by atoms with E-state index in [4.69, 9.17) is 5.11 Å². The minimum Gasteiger partial charge on any atom is -0.478 e. The van der Waals surface area contributed by atoms with Gasteiger partial charge in [0.25, 0.3) is 0 Å². The van der Waals surface area contributed by atoms with Crippen molar-refractivity contribution in [2.45, 2.75) is 6.92 Å². The summed E-state index contributed by atoms with van der Waals surface area (Å²) >= 11 is 0. The molecule has 1 heterocycles. The van der Waals surface area contributed by atoms with Crippen molar-refractivity contribution in [2.75, 3.05) is 0 Å². The molecule has 0 radical (unpaired) electrons. The number of nitrogens with zero attached hydrogens (tertiary/aromatic N) is 1. The summed E-state index contributed by atoms with van der Waals surface area (Å²) in [6, 6.07) is 7.51. The average Bonchev–Trinajstić information content (AvgIpc) is 2.18. The Kier molecular flexibility index (Phi) is 1.93. The van der Waals surface area contributed by atoms with E-state index < -0.39 is 5.97 Å². The molecule has 70 valence electrons. The summed E-state index contributed by atoms with van der Waals surface area (Å²) in [7, 11) is 0. The first-order chi connectivity index (χ1) is 6.70. The predicted octanol–water partition coefficient (Wildman–Crippen LogP) is 2.24. The molecule has 0 aliphatic heterocycles. The second-order valence-corrected chi connectivity index (χ2v) is 3.12. The van der Waals surface area contributed by atoms with E-state index in [-0.39, 0.29) is 5.56 Å². The Bertz CT molecular complexity index is 506. The number of aryl methyl sites for hydroxylation is 1. The van der Waals surface area contributed by atoms with Crippen molar-refractivity contribution >= 4 is 16.9 Å². The molecule has 2 rings (SSSR count). The first-order valence-electron chi connectivity index (χ1n) is 4.28. The smallest absolute Gasteiger partial charge is 0.337 e. The standard InChI is InChI=1S/C11H9NO2/c1-7-8-4-2-3-5-10(8)12-6-9(7)11(13)14/h2-6H,1H3,(H,13,14). The topological polar surface area (TPSA) is 50.2 Å². The van der Waals surface area contributed by atoms with E-state index in [1.165, 1.54) is 6.20 Å². The van der Waals surface area contributed by atoms with Crippen LogP contribution in [-0.4, -0.2) is 16.1 Å². The van der Waals surface area contributed by atoms with E-state index >= 15 is 0 Å². The fourth-order valence-electron chi connectivity index (χ4n) is 1.49. The lowest BCUT2D eigenvalue weighted by Gasteiger charge is -2.03. The Morgan fingerprint density at radius 3 is 2.79 bits per heavy atom. The molecule has 3 heteroatoms. The van der Waals surface area contributed by atoms with E-state index in [2.05, 4.69) is 4.98 Å². The largest absolute Gasteiger partial charge is 0.478 e. The molecule has 0 aliphatic carbocycles. The van der Waals surface area contributed by atoms with Gasteiger partial charge >= 0.3 is 5.97 Å². The molecule has 1 N–H and O–H groups in total. The van der Waals surface area contributed by atoms with E-state index in [0.717, 1.165) is 16.5 Å². The molecule has 1 aromatic heterocycles. The first kappa shape index (κ1) is 8.69. The number of aromatic carboxylic acids is 1. The molecule has 0 saturated heterocycles. The van der Waals surface area contributed by atoms with Gasteiger partial charge in [-0.1, -0.05) is 18.2 Å². The van der Waals surface area contributed by atoms with Gasteiger partial charge in [0.15, 0.2) is 0 Å². The van der Waals surface area contributed by atoms with Crippen molar-refractivity contribution in [1.82, 2.24) is 4.98 Å². The number of rotatable bonds is 1. The zero-order valence-electron chi connectivity index (χ0n) is 7.69. The highest BCUT2D eigenvalue weighted by atomic mass is 16.4. The molecule has 2 aromatic rings. The minimum atomic E-state index is -0.930. The summed E-state index contributed by atoms with van der Waals surface area (Å²) < 4.78 is 0. The minimum absolute atomic E-state index is 0.267. The summed E-state index contributed by atoms with van der Waals surface area (Å²) in [5.41, 5.74) is 1.86. The molecular formula is C11H9NO2. The van der Waals surface area contributed by atoms with Gasteiger partial charge in [0.1, 0.15) is 0 Å². The number of fused-ring (bicyclic) bond motifs is 1. The van der Waals surface area contributed by atoms with Gasteiger partial charge in [-0.2, -0.15) is 0 Å². The molecular weight excluding hydrogens is 178 g/mol. The zero-order valence-corrected chi connectivity index (χ0v) is 7.69. The van der Waals surface area contributed by atoms with Crippen molar-refractivity contribution in [3.8, 4) is 0 Å². The van der Waals surface area contributed by atoms with Gasteiger partial charge in [0.05, 0.1) is 11.1 Å². The van der Waals surface area contributed by atoms with E-state index in [1.54, 1.807) is 6.92 Å². The van der Waals surface area contributed by atoms with Crippen LogP contribution in [-0.2, 0) is 0 Å². The summed E-state index contributed by atoms with van der Waals surface area (Å²) in [5, 5.41) is 9.78. The highest BCUT2D eigenvalue weighted by molar-refractivity contribution is 5.95. The molecule has 0 bridgehead atoms. The lowest BCUT2D eigenvalue weighted by Crippen LogP contribution is -2.01. The number of carbonyl (C=O) groups is 1. The van der Waals surface area contributed by atoms with Crippen LogP contribution in [0.2, 0.25) is 0 Å². The van der Waals surface area contributed by atoms with Gasteiger partial charge in [-0.3, -0.25) is 4.98 Å². The first-order valence-corrected chi connectivity index (χ1v) is 4.28. The molecule has 0 unspecified atom stereocenters. The summed E-state index contributed by atoms with van der Waals surface area (Å²) in [6.45, 7) is 1.80. The maximum atomic E-state index is 10.8. The maximum Gasteiger partial charge on any atom is 0.337 e. The van der Waals surface area contributed by atoms with E-state index in [1.807, 2.05) is 24.3 Å². The SMILES string of the molecule is Cc1c(C(=O)O)cnc2ccccc12. The Hall–Kier alpha value is -1.90. The van der Waals surface area contributed by atoms with Gasteiger partial charge in [0, 0.05) is 11.6 Å². The number of hydrogen-bond donors (Lipinski definition) is 1. The number of aromatic nitrogens is 1. The predicted molar refractivity (Wildman–Crippen MR) is 53.4 cm³/mol. The molecule has 0 atom stereocenters. The van der Waals surface area contributed by atoms with E-state index in [9.17, 15) is 4.79 Å². The normalized spacial score (nSPS) is 10.4. The molecule has 0 fully saturated rings. The summed E-state index contributed by atoms with van der Waals surface area (Å²) in [5.74, 6) is -0.930. The van der Waals surface area contributed by atoms with Crippen LogP contribution < -0.4 is 0 Å². The van der Waals surface area contributed by atoms with Crippen LogP contribution >= 0.6 is 0 Å². The lowest BCUT2D eigenvalue weighted by atomic mass is 10.1. The van der Waals surface area contributed by atoms with Gasteiger partial charge in [-0.25, -0.2) is 4.79 Å². The number of carboxylic acids is 1. The maximum absolute atomic E-state index is 10.8. The number of carboxylic acid groups (broad SMARTS) is 1. The number of para-hydroxylation sites is 1. The molecule has 0 amide bonds. The van der Waals surface area contributed by atoms with Gasteiger partial charge in [0.2, 0.25) is 0 Å². The molecule has 3 nitrogen and oxygen atoms in total. The van der Waals surface area contributed by atoms with Crippen LogP contribution in [0.3, 0.4) is 0 Å². The quantitative estimate of drug-likeness (QED) is 0.744. The zero-order chi connectivity index (χ0) is 10.1. The van der Waals surface area contributed by atoms with Crippen molar-refractivity contribution in [3.63, 3.8) is 0 Å². The van der Waals surface area contributed by atoms with Crippen molar-refractivity contribution < 1.29 is 9.90 Å². The highest BCUT2D eigenvalue weighted by Crippen LogP contribution is 2.18. The van der Waals surface area contributed by atoms with Crippen LogP contribution in [0.15, 0.2) is 30.5 Å². The third kappa shape index (κ3) is 1.23. The number of pyridine rings is 1. The molecule has 0 aliphatic rings. The van der Waals surface area contributed by atoms with Crippen molar-refractivity contribution in [1.29, 1.82) is 0 Å². The van der Waals surface area contributed by atoms with E-state index in [0.29, 0.717) is 0 Å². The Balaban J connectivity index is 2.81. The van der Waals surface area contributed by atoms with Gasteiger partial charge < -0.3 is 5.11 Å². The summed E-state index contributed by atoms with van der Waals surface area (Å²) in [6.07, 6.45) is 1.40. The molecule has 0 spiro atoms. The summed E-state index contributed by atoms with van der Waals surface area (Å²) in [4.78, 5) is 14.9. The monoisotopic (exact) mass is 187 g/mol. The number of benzene rings is 1.